The average molecular weight is 482 g/mol. The fourth-order valence-electron chi connectivity index (χ4n) is 4.23. The van der Waals surface area contributed by atoms with E-state index in [9.17, 15) is 4.79 Å². The van der Waals surface area contributed by atoms with E-state index in [1.165, 1.54) is 38.5 Å². The molecule has 0 unspecified atom stereocenters. The first-order chi connectivity index (χ1) is 13.4. The zero-order chi connectivity index (χ0) is 20.1. The zero-order valence-electron chi connectivity index (χ0n) is 17.9. The lowest BCUT2D eigenvalue weighted by Gasteiger charge is -2.31. The average Bonchev–Trinajstić information content (AvgIpc) is 2.62. The van der Waals surface area contributed by atoms with Crippen molar-refractivity contribution in [3.8, 4) is 0 Å². The number of halogens is 2. The minimum atomic E-state index is -0.0180. The summed E-state index contributed by atoms with van der Waals surface area (Å²) in [5, 5.41) is 4.67. The van der Waals surface area contributed by atoms with Gasteiger partial charge in [-0.2, -0.15) is 0 Å². The van der Waals surface area contributed by atoms with Crippen LogP contribution in [-0.4, -0.2) is 17.3 Å². The van der Waals surface area contributed by atoms with Gasteiger partial charge in [0, 0.05) is 22.8 Å². The highest BCUT2D eigenvalue weighted by Crippen LogP contribution is 2.40. The zero-order valence-corrected chi connectivity index (χ0v) is 20.3. The van der Waals surface area contributed by atoms with Crippen molar-refractivity contribution in [2.75, 3.05) is 11.9 Å². The first-order valence-corrected chi connectivity index (χ1v) is 11.6. The maximum atomic E-state index is 13.0. The largest absolute Gasteiger partial charge is 0.384 e. The maximum absolute atomic E-state index is 13.0. The Kier molecular flexibility index (Phi) is 8.96. The summed E-state index contributed by atoms with van der Waals surface area (Å²) in [5.74, 6) is 0.225. The lowest BCUT2D eigenvalue weighted by Crippen LogP contribution is -2.29. The van der Waals surface area contributed by atoms with Gasteiger partial charge in [-0.05, 0) is 36.5 Å². The summed E-state index contributed by atoms with van der Waals surface area (Å²) in [6.45, 7) is 7.48. The van der Waals surface area contributed by atoms with E-state index in [4.69, 9.17) is 4.98 Å². The number of nitrogens with zero attached hydrogens (tertiary/aromatic N) is 1. The van der Waals surface area contributed by atoms with Gasteiger partial charge in [0.1, 0.15) is 0 Å². The normalized spacial score (nSPS) is 15.1. The summed E-state index contributed by atoms with van der Waals surface area (Å²) in [7, 11) is 0. The van der Waals surface area contributed by atoms with Crippen molar-refractivity contribution in [2.24, 2.45) is 5.41 Å². The number of hydrogen-bond donors (Lipinski definition) is 1. The van der Waals surface area contributed by atoms with Crippen LogP contribution in [0.15, 0.2) is 22.7 Å². The van der Waals surface area contributed by atoms with Crippen molar-refractivity contribution in [3.63, 3.8) is 0 Å². The van der Waals surface area contributed by atoms with Gasteiger partial charge in [0.25, 0.3) is 0 Å². The maximum Gasteiger partial charge on any atom is 0.167 e. The standard InChI is InChI=1S/C24H33BrN2O.ClH/c1-4-5-6-7-8-9-10-13-26-23-18-14-17(25)11-12-19(18)27-20-15-24(2,3)16-21(28)22(20)23;/h11-12,14H,4-10,13,15-16H2,1-3H3,(H,26,27);1H. The number of rotatable bonds is 9. The van der Waals surface area contributed by atoms with Gasteiger partial charge in [0.05, 0.1) is 22.5 Å². The number of ketones is 1. The monoisotopic (exact) mass is 480 g/mol. The number of pyridine rings is 1. The fraction of sp³-hybridized carbons (Fsp3) is 0.583. The molecule has 1 aliphatic rings. The molecule has 1 aromatic heterocycles. The van der Waals surface area contributed by atoms with Crippen molar-refractivity contribution in [2.45, 2.75) is 78.6 Å². The first-order valence-electron chi connectivity index (χ1n) is 10.8. The van der Waals surface area contributed by atoms with Gasteiger partial charge in [-0.1, -0.05) is 75.2 Å². The van der Waals surface area contributed by atoms with Crippen LogP contribution in [0.3, 0.4) is 0 Å². The van der Waals surface area contributed by atoms with Crippen LogP contribution in [0.25, 0.3) is 10.9 Å². The lowest BCUT2D eigenvalue weighted by atomic mass is 9.75. The molecule has 1 N–H and O–H groups in total. The number of Topliss-reactive ketones (excluding diaryl/α,β-unsaturated/α-hetero) is 1. The van der Waals surface area contributed by atoms with Crippen molar-refractivity contribution in [1.82, 2.24) is 4.98 Å². The smallest absolute Gasteiger partial charge is 0.167 e. The Morgan fingerprint density at radius 1 is 1.07 bits per heavy atom. The quantitative estimate of drug-likeness (QED) is 0.372. The predicted molar refractivity (Wildman–Crippen MR) is 130 cm³/mol. The summed E-state index contributed by atoms with van der Waals surface area (Å²) in [6.07, 6.45) is 10.5. The molecular weight excluding hydrogens is 448 g/mol. The molecule has 2 aromatic rings. The molecule has 0 radical (unpaired) electrons. The van der Waals surface area contributed by atoms with Crippen LogP contribution in [0, 0.1) is 5.41 Å². The number of carbonyl (C=O) groups is 1. The van der Waals surface area contributed by atoms with Crippen LogP contribution in [0.4, 0.5) is 5.69 Å². The highest BCUT2D eigenvalue weighted by molar-refractivity contribution is 9.10. The third kappa shape index (κ3) is 6.18. The molecule has 1 aliphatic carbocycles. The SMILES string of the molecule is CCCCCCCCCNc1c2c(nc3ccc(Br)cc13)CC(C)(C)CC2=O.Cl. The predicted octanol–water partition coefficient (Wildman–Crippen LogP) is 7.74. The van der Waals surface area contributed by atoms with Gasteiger partial charge in [0.2, 0.25) is 0 Å². The molecule has 1 heterocycles. The van der Waals surface area contributed by atoms with E-state index in [2.05, 4.69) is 48.1 Å². The number of aromatic nitrogens is 1. The van der Waals surface area contributed by atoms with Crippen molar-refractivity contribution >= 4 is 50.7 Å². The molecule has 0 bridgehead atoms. The second-order valence-corrected chi connectivity index (χ2v) is 9.87. The Labute approximate surface area is 190 Å². The number of hydrogen-bond acceptors (Lipinski definition) is 3. The summed E-state index contributed by atoms with van der Waals surface area (Å²) in [4.78, 5) is 17.9. The molecule has 0 saturated heterocycles. The van der Waals surface area contributed by atoms with Crippen LogP contribution < -0.4 is 5.32 Å². The Morgan fingerprint density at radius 2 is 1.76 bits per heavy atom. The minimum absolute atomic E-state index is 0. The third-order valence-corrected chi connectivity index (χ3v) is 6.16. The fourth-order valence-corrected chi connectivity index (χ4v) is 4.59. The van der Waals surface area contributed by atoms with E-state index in [0.717, 1.165) is 51.7 Å². The molecular formula is C24H34BrClN2O. The molecule has 3 rings (SSSR count). The van der Waals surface area contributed by atoms with Gasteiger partial charge in [0.15, 0.2) is 5.78 Å². The van der Waals surface area contributed by atoms with E-state index >= 15 is 0 Å². The Hall–Kier alpha value is -1.13. The number of nitrogens with one attached hydrogen (secondary N) is 1. The molecule has 160 valence electrons. The molecule has 3 nitrogen and oxygen atoms in total. The van der Waals surface area contributed by atoms with Crippen LogP contribution >= 0.6 is 28.3 Å². The van der Waals surface area contributed by atoms with Crippen LogP contribution in [-0.2, 0) is 6.42 Å². The molecule has 0 fully saturated rings. The first kappa shape index (κ1) is 24.1. The van der Waals surface area contributed by atoms with Gasteiger partial charge >= 0.3 is 0 Å². The number of benzene rings is 1. The topological polar surface area (TPSA) is 42.0 Å². The Balaban J connectivity index is 0.00000300. The minimum Gasteiger partial charge on any atom is -0.384 e. The second-order valence-electron chi connectivity index (χ2n) is 8.96. The highest BCUT2D eigenvalue weighted by Gasteiger charge is 2.34. The highest BCUT2D eigenvalue weighted by atomic mass is 79.9. The van der Waals surface area contributed by atoms with Gasteiger partial charge in [-0.3, -0.25) is 9.78 Å². The van der Waals surface area contributed by atoms with E-state index in [0.29, 0.717) is 6.42 Å². The third-order valence-electron chi connectivity index (χ3n) is 5.67. The Morgan fingerprint density at radius 3 is 2.48 bits per heavy atom. The molecule has 0 saturated carbocycles. The molecule has 5 heteroatoms. The van der Waals surface area contributed by atoms with Crippen LogP contribution in [0.1, 0.15) is 88.2 Å². The number of anilines is 1. The summed E-state index contributed by atoms with van der Waals surface area (Å²) < 4.78 is 1.02. The molecule has 29 heavy (non-hydrogen) atoms. The van der Waals surface area contributed by atoms with E-state index in [1.807, 2.05) is 12.1 Å². The van der Waals surface area contributed by atoms with Crippen LogP contribution in [0.2, 0.25) is 0 Å². The number of carbonyl (C=O) groups excluding carboxylic acids is 1. The van der Waals surface area contributed by atoms with Crippen molar-refractivity contribution < 1.29 is 4.79 Å². The summed E-state index contributed by atoms with van der Waals surface area (Å²) in [6, 6.07) is 6.16. The van der Waals surface area contributed by atoms with Gasteiger partial charge < -0.3 is 5.32 Å². The molecule has 0 aliphatic heterocycles. The number of unbranched alkanes of at least 4 members (excludes halogenated alkanes) is 6. The van der Waals surface area contributed by atoms with Crippen molar-refractivity contribution in [3.05, 3.63) is 33.9 Å². The molecule has 0 atom stereocenters. The van der Waals surface area contributed by atoms with Gasteiger partial charge in [-0.25, -0.2) is 0 Å². The number of fused-ring (bicyclic) bond motifs is 2. The lowest BCUT2D eigenvalue weighted by molar-refractivity contribution is 0.0911. The van der Waals surface area contributed by atoms with Crippen LogP contribution in [0.5, 0.6) is 0 Å². The van der Waals surface area contributed by atoms with E-state index in [-0.39, 0.29) is 23.6 Å². The molecule has 1 aromatic carbocycles. The Bertz CT molecular complexity index is 850. The summed E-state index contributed by atoms with van der Waals surface area (Å²) in [5.41, 5.74) is 3.73. The van der Waals surface area contributed by atoms with Crippen molar-refractivity contribution in [1.29, 1.82) is 0 Å². The van der Waals surface area contributed by atoms with Gasteiger partial charge in [-0.15, -0.1) is 12.4 Å². The molecule has 0 spiro atoms. The second kappa shape index (κ2) is 10.8. The molecule has 0 amide bonds. The summed E-state index contributed by atoms with van der Waals surface area (Å²) >= 11 is 3.58. The van der Waals surface area contributed by atoms with E-state index in [1.54, 1.807) is 0 Å². The van der Waals surface area contributed by atoms with E-state index < -0.39 is 0 Å².